The Kier molecular flexibility index (Phi) is 3.23. The van der Waals surface area contributed by atoms with Gasteiger partial charge < -0.3 is 11.5 Å². The van der Waals surface area contributed by atoms with Gasteiger partial charge in [0.1, 0.15) is 11.6 Å². The molecular weight excluding hydrogens is 233 g/mol. The minimum Gasteiger partial charge on any atom is -0.398 e. The first-order valence-electron chi connectivity index (χ1n) is 5.35. The highest BCUT2D eigenvalue weighted by molar-refractivity contribution is 6.02. The van der Waals surface area contributed by atoms with E-state index in [0.717, 1.165) is 6.07 Å². The lowest BCUT2D eigenvalue weighted by Crippen LogP contribution is -2.09. The molecular formula is C13H12FN3O. The number of rotatable bonds is 3. The van der Waals surface area contributed by atoms with E-state index in [-0.39, 0.29) is 23.5 Å². The maximum atomic E-state index is 13.1. The summed E-state index contributed by atoms with van der Waals surface area (Å²) in [5.74, 6) is -0.487. The van der Waals surface area contributed by atoms with Crippen LogP contribution < -0.4 is 11.5 Å². The molecule has 4 N–H and O–H groups in total. The van der Waals surface area contributed by atoms with Gasteiger partial charge in [0.25, 0.3) is 0 Å². The van der Waals surface area contributed by atoms with Gasteiger partial charge in [0.15, 0.2) is 5.78 Å². The number of Topliss-reactive ketones (excluding diaryl/α,β-unsaturated/α-hetero) is 1. The third kappa shape index (κ3) is 2.45. The second kappa shape index (κ2) is 4.83. The molecule has 92 valence electrons. The van der Waals surface area contributed by atoms with Gasteiger partial charge >= 0.3 is 0 Å². The second-order valence-corrected chi connectivity index (χ2v) is 3.88. The molecule has 0 saturated carbocycles. The van der Waals surface area contributed by atoms with Crippen molar-refractivity contribution in [2.45, 2.75) is 6.42 Å². The molecule has 1 aromatic carbocycles. The fourth-order valence-corrected chi connectivity index (χ4v) is 1.64. The number of hydrogen-bond donors (Lipinski definition) is 2. The Morgan fingerprint density at radius 2 is 2.06 bits per heavy atom. The van der Waals surface area contributed by atoms with E-state index in [4.69, 9.17) is 11.5 Å². The predicted octanol–water partition coefficient (Wildman–Crippen LogP) is 1.81. The maximum absolute atomic E-state index is 13.1. The standard InChI is InChI=1S/C13H12FN3O/c14-9-3-4-11(15)10(7-9)12(18)6-8-2-1-5-17-13(8)16/h1-5,7H,6,15H2,(H2,16,17). The van der Waals surface area contributed by atoms with E-state index < -0.39 is 5.82 Å². The molecule has 0 radical (unpaired) electrons. The molecule has 0 aliphatic carbocycles. The maximum Gasteiger partial charge on any atom is 0.169 e. The molecule has 4 nitrogen and oxygen atoms in total. The minimum absolute atomic E-state index is 0.0489. The van der Waals surface area contributed by atoms with E-state index >= 15 is 0 Å². The van der Waals surface area contributed by atoms with Gasteiger partial charge in [-0.15, -0.1) is 0 Å². The Morgan fingerprint density at radius 1 is 1.28 bits per heavy atom. The summed E-state index contributed by atoms with van der Waals surface area (Å²) < 4.78 is 13.1. The summed E-state index contributed by atoms with van der Waals surface area (Å²) in [5.41, 5.74) is 12.3. The number of pyridine rings is 1. The zero-order chi connectivity index (χ0) is 13.1. The summed E-state index contributed by atoms with van der Waals surface area (Å²) in [5, 5.41) is 0. The highest BCUT2D eigenvalue weighted by atomic mass is 19.1. The van der Waals surface area contributed by atoms with Crippen LogP contribution in [0.1, 0.15) is 15.9 Å². The summed E-state index contributed by atoms with van der Waals surface area (Å²) in [7, 11) is 0. The zero-order valence-corrected chi connectivity index (χ0v) is 9.56. The Bertz CT molecular complexity index is 599. The molecule has 0 saturated heterocycles. The van der Waals surface area contributed by atoms with Gasteiger partial charge in [-0.1, -0.05) is 6.07 Å². The van der Waals surface area contributed by atoms with Crippen LogP contribution in [-0.4, -0.2) is 10.8 Å². The van der Waals surface area contributed by atoms with Crippen molar-refractivity contribution in [2.75, 3.05) is 11.5 Å². The molecule has 18 heavy (non-hydrogen) atoms. The molecule has 0 bridgehead atoms. The van der Waals surface area contributed by atoms with Crippen LogP contribution in [0.15, 0.2) is 36.5 Å². The Hall–Kier alpha value is -2.43. The third-order valence-electron chi connectivity index (χ3n) is 2.59. The SMILES string of the molecule is Nc1ccc(F)cc1C(=O)Cc1cccnc1N. The summed E-state index contributed by atoms with van der Waals surface area (Å²) in [6.07, 6.45) is 1.59. The van der Waals surface area contributed by atoms with Crippen molar-refractivity contribution in [3.05, 3.63) is 53.5 Å². The first kappa shape index (κ1) is 12.0. The van der Waals surface area contributed by atoms with E-state index in [1.807, 2.05) is 0 Å². The minimum atomic E-state index is -0.494. The van der Waals surface area contributed by atoms with E-state index in [0.29, 0.717) is 11.4 Å². The highest BCUT2D eigenvalue weighted by Gasteiger charge is 2.13. The average molecular weight is 245 g/mol. The second-order valence-electron chi connectivity index (χ2n) is 3.88. The lowest BCUT2D eigenvalue weighted by molar-refractivity contribution is 0.0993. The first-order chi connectivity index (χ1) is 8.58. The number of aromatic nitrogens is 1. The lowest BCUT2D eigenvalue weighted by atomic mass is 10.0. The van der Waals surface area contributed by atoms with E-state index in [2.05, 4.69) is 4.98 Å². The number of halogens is 1. The summed E-state index contributed by atoms with van der Waals surface area (Å²) in [6.45, 7) is 0. The van der Waals surface area contributed by atoms with Crippen molar-refractivity contribution in [1.82, 2.24) is 4.98 Å². The van der Waals surface area contributed by atoms with Crippen LogP contribution in [0.4, 0.5) is 15.9 Å². The van der Waals surface area contributed by atoms with Crippen LogP contribution in [0, 0.1) is 5.82 Å². The molecule has 0 atom stereocenters. The summed E-state index contributed by atoms with van der Waals surface area (Å²) in [4.78, 5) is 15.9. The molecule has 0 unspecified atom stereocenters. The van der Waals surface area contributed by atoms with Crippen molar-refractivity contribution < 1.29 is 9.18 Å². The summed E-state index contributed by atoms with van der Waals surface area (Å²) in [6, 6.07) is 7.10. The predicted molar refractivity (Wildman–Crippen MR) is 67.5 cm³/mol. The Morgan fingerprint density at radius 3 is 2.78 bits per heavy atom. The molecule has 1 heterocycles. The number of anilines is 2. The molecule has 2 rings (SSSR count). The monoisotopic (exact) mass is 245 g/mol. The number of benzene rings is 1. The molecule has 0 fully saturated rings. The topological polar surface area (TPSA) is 82.0 Å². The quantitative estimate of drug-likeness (QED) is 0.638. The van der Waals surface area contributed by atoms with Crippen LogP contribution in [0.3, 0.4) is 0 Å². The van der Waals surface area contributed by atoms with Crippen LogP contribution in [0.5, 0.6) is 0 Å². The van der Waals surface area contributed by atoms with Gasteiger partial charge in [-0.25, -0.2) is 9.37 Å². The molecule has 1 aromatic heterocycles. The van der Waals surface area contributed by atoms with Crippen LogP contribution in [0.25, 0.3) is 0 Å². The van der Waals surface area contributed by atoms with Crippen molar-refractivity contribution in [1.29, 1.82) is 0 Å². The zero-order valence-electron chi connectivity index (χ0n) is 9.56. The molecule has 5 heteroatoms. The largest absolute Gasteiger partial charge is 0.398 e. The van der Waals surface area contributed by atoms with Gasteiger partial charge in [0, 0.05) is 29.4 Å². The Balaban J connectivity index is 2.28. The van der Waals surface area contributed by atoms with Gasteiger partial charge in [-0.3, -0.25) is 4.79 Å². The van der Waals surface area contributed by atoms with Gasteiger partial charge in [0.05, 0.1) is 0 Å². The molecule has 0 aliphatic heterocycles. The fourth-order valence-electron chi connectivity index (χ4n) is 1.64. The van der Waals surface area contributed by atoms with Crippen molar-refractivity contribution in [3.63, 3.8) is 0 Å². The average Bonchev–Trinajstić information content (AvgIpc) is 2.35. The summed E-state index contributed by atoms with van der Waals surface area (Å²) >= 11 is 0. The van der Waals surface area contributed by atoms with Gasteiger partial charge in [0.2, 0.25) is 0 Å². The third-order valence-corrected chi connectivity index (χ3v) is 2.59. The number of ketones is 1. The van der Waals surface area contributed by atoms with Crippen LogP contribution in [-0.2, 0) is 6.42 Å². The van der Waals surface area contributed by atoms with E-state index in [1.165, 1.54) is 12.1 Å². The number of nitrogen functional groups attached to an aromatic ring is 2. The number of carbonyl (C=O) groups is 1. The number of hydrogen-bond acceptors (Lipinski definition) is 4. The Labute approximate surface area is 103 Å². The molecule has 0 amide bonds. The van der Waals surface area contributed by atoms with Crippen molar-refractivity contribution in [3.8, 4) is 0 Å². The van der Waals surface area contributed by atoms with Gasteiger partial charge in [-0.05, 0) is 24.3 Å². The highest BCUT2D eigenvalue weighted by Crippen LogP contribution is 2.17. The van der Waals surface area contributed by atoms with Crippen LogP contribution in [0.2, 0.25) is 0 Å². The number of nitrogens with zero attached hydrogens (tertiary/aromatic N) is 1. The van der Waals surface area contributed by atoms with Gasteiger partial charge in [-0.2, -0.15) is 0 Å². The molecule has 2 aromatic rings. The van der Waals surface area contributed by atoms with Crippen molar-refractivity contribution >= 4 is 17.3 Å². The van der Waals surface area contributed by atoms with Crippen molar-refractivity contribution in [2.24, 2.45) is 0 Å². The molecule has 0 aliphatic rings. The van der Waals surface area contributed by atoms with E-state index in [9.17, 15) is 9.18 Å². The van der Waals surface area contributed by atoms with E-state index in [1.54, 1.807) is 18.3 Å². The smallest absolute Gasteiger partial charge is 0.169 e. The number of carbonyl (C=O) groups excluding carboxylic acids is 1. The lowest BCUT2D eigenvalue weighted by Gasteiger charge is -2.06. The fraction of sp³-hybridized carbons (Fsp3) is 0.0769. The van der Waals surface area contributed by atoms with Crippen LogP contribution >= 0.6 is 0 Å². The number of nitrogens with two attached hydrogens (primary N) is 2. The normalized spacial score (nSPS) is 10.3. The first-order valence-corrected chi connectivity index (χ1v) is 5.35. The molecule has 0 spiro atoms.